The zero-order valence-electron chi connectivity index (χ0n) is 9.92. The van der Waals surface area contributed by atoms with Crippen LogP contribution in [0.2, 0.25) is 0 Å². The monoisotopic (exact) mass is 226 g/mol. The predicted octanol–water partition coefficient (Wildman–Crippen LogP) is 2.06. The topological polar surface area (TPSA) is 32.7 Å². The first-order chi connectivity index (χ1) is 8.26. The van der Waals surface area contributed by atoms with Crippen LogP contribution in [0.4, 0.5) is 0 Å². The third-order valence-corrected chi connectivity index (χ3v) is 1.87. The van der Waals surface area contributed by atoms with Crippen molar-refractivity contribution in [2.45, 2.75) is 6.92 Å². The largest absolute Gasteiger partial charge is 0.322 e. The summed E-state index contributed by atoms with van der Waals surface area (Å²) in [5.74, 6) is 5.90. The van der Waals surface area contributed by atoms with E-state index in [4.69, 9.17) is 0 Å². The Labute approximate surface area is 101 Å². The molecule has 1 aromatic carbocycles. The number of rotatable bonds is 3. The van der Waals surface area contributed by atoms with Gasteiger partial charge in [0.25, 0.3) is 0 Å². The summed E-state index contributed by atoms with van der Waals surface area (Å²) in [5, 5.41) is 0. The highest BCUT2D eigenvalue weighted by molar-refractivity contribution is 5.58. The van der Waals surface area contributed by atoms with Gasteiger partial charge in [-0.1, -0.05) is 24.1 Å². The van der Waals surface area contributed by atoms with Gasteiger partial charge in [0.15, 0.2) is 0 Å². The van der Waals surface area contributed by atoms with Gasteiger partial charge in [-0.05, 0) is 25.0 Å². The van der Waals surface area contributed by atoms with Gasteiger partial charge in [-0.25, -0.2) is 0 Å². The fraction of sp³-hybridized carbons (Fsp3) is 0.143. The smallest absolute Gasteiger partial charge is 0.213 e. The van der Waals surface area contributed by atoms with Crippen molar-refractivity contribution >= 4 is 12.6 Å². The van der Waals surface area contributed by atoms with Crippen LogP contribution in [-0.4, -0.2) is 24.6 Å². The first kappa shape index (κ1) is 12.7. The highest BCUT2D eigenvalue weighted by Gasteiger charge is 1.91. The molecule has 0 saturated heterocycles. The zero-order valence-corrected chi connectivity index (χ0v) is 9.92. The molecule has 0 aliphatic rings. The molecule has 0 fully saturated rings. The number of nitrogens with zero attached hydrogens (tertiary/aromatic N) is 2. The molecule has 3 heteroatoms. The Kier molecular flexibility index (Phi) is 5.26. The maximum absolute atomic E-state index is 10.5. The minimum Gasteiger partial charge on any atom is -0.322 e. The van der Waals surface area contributed by atoms with Gasteiger partial charge in [-0.3, -0.25) is 9.79 Å². The van der Waals surface area contributed by atoms with E-state index in [1.54, 1.807) is 26.4 Å². The van der Waals surface area contributed by atoms with Gasteiger partial charge in [0.1, 0.15) is 5.70 Å². The molecule has 0 radical (unpaired) electrons. The molecule has 0 N–H and O–H groups in total. The maximum Gasteiger partial charge on any atom is 0.213 e. The molecule has 0 aliphatic heterocycles. The number of amides is 1. The number of carbonyl (C=O) groups excluding carboxylic acids is 1. The quantitative estimate of drug-likeness (QED) is 0.441. The van der Waals surface area contributed by atoms with Gasteiger partial charge in [-0.2, -0.15) is 0 Å². The van der Waals surface area contributed by atoms with Gasteiger partial charge in [-0.15, -0.1) is 0 Å². The number of hydrogen-bond acceptors (Lipinski definition) is 2. The molecule has 17 heavy (non-hydrogen) atoms. The summed E-state index contributed by atoms with van der Waals surface area (Å²) in [4.78, 5) is 16.0. The number of carbonyl (C=O) groups is 1. The van der Waals surface area contributed by atoms with Gasteiger partial charge < -0.3 is 4.90 Å². The third-order valence-electron chi connectivity index (χ3n) is 1.87. The summed E-state index contributed by atoms with van der Waals surface area (Å²) in [7, 11) is 1.64. The van der Waals surface area contributed by atoms with Gasteiger partial charge in [0.2, 0.25) is 6.41 Å². The predicted molar refractivity (Wildman–Crippen MR) is 69.4 cm³/mol. The lowest BCUT2D eigenvalue weighted by atomic mass is 10.2. The average molecular weight is 226 g/mol. The lowest BCUT2D eigenvalue weighted by Crippen LogP contribution is -2.07. The molecule has 0 spiro atoms. The van der Waals surface area contributed by atoms with E-state index < -0.39 is 0 Å². The molecule has 0 aliphatic carbocycles. The van der Waals surface area contributed by atoms with Crippen LogP contribution in [0.15, 0.2) is 47.2 Å². The highest BCUT2D eigenvalue weighted by atomic mass is 16.1. The Balaban J connectivity index is 2.92. The van der Waals surface area contributed by atoms with E-state index in [1.165, 1.54) is 4.90 Å². The second-order valence-corrected chi connectivity index (χ2v) is 3.29. The van der Waals surface area contributed by atoms with Crippen molar-refractivity contribution in [1.29, 1.82) is 0 Å². The van der Waals surface area contributed by atoms with Gasteiger partial charge in [0, 0.05) is 25.0 Å². The summed E-state index contributed by atoms with van der Waals surface area (Å²) in [6.07, 6.45) is 3.93. The zero-order chi connectivity index (χ0) is 12.5. The molecule has 1 amide bonds. The SMILES string of the molecule is C/C=N\C(C#Cc1ccccc1)=C/N(C)C=O. The van der Waals surface area contributed by atoms with E-state index in [0.717, 1.165) is 5.56 Å². The first-order valence-electron chi connectivity index (χ1n) is 5.21. The fourth-order valence-corrected chi connectivity index (χ4v) is 1.12. The first-order valence-corrected chi connectivity index (χ1v) is 5.21. The molecule has 0 heterocycles. The van der Waals surface area contributed by atoms with Crippen LogP contribution in [0.5, 0.6) is 0 Å². The lowest BCUT2D eigenvalue weighted by molar-refractivity contribution is -0.115. The summed E-state index contributed by atoms with van der Waals surface area (Å²) in [5.41, 5.74) is 1.46. The van der Waals surface area contributed by atoms with Crippen molar-refractivity contribution in [1.82, 2.24) is 4.90 Å². The minimum absolute atomic E-state index is 0.547. The van der Waals surface area contributed by atoms with Crippen LogP contribution in [0.1, 0.15) is 12.5 Å². The molecule has 0 aromatic heterocycles. The van der Waals surface area contributed by atoms with Crippen molar-refractivity contribution in [2.24, 2.45) is 4.99 Å². The summed E-state index contributed by atoms with van der Waals surface area (Å²) in [6.45, 7) is 1.80. The van der Waals surface area contributed by atoms with E-state index >= 15 is 0 Å². The number of hydrogen-bond donors (Lipinski definition) is 0. The van der Waals surface area contributed by atoms with Crippen molar-refractivity contribution in [3.8, 4) is 11.8 Å². The Morgan fingerprint density at radius 1 is 1.35 bits per heavy atom. The fourth-order valence-electron chi connectivity index (χ4n) is 1.12. The van der Waals surface area contributed by atoms with Crippen molar-refractivity contribution in [3.05, 3.63) is 47.8 Å². The van der Waals surface area contributed by atoms with E-state index in [2.05, 4.69) is 16.8 Å². The number of benzene rings is 1. The van der Waals surface area contributed by atoms with Crippen LogP contribution in [-0.2, 0) is 4.79 Å². The van der Waals surface area contributed by atoms with Crippen LogP contribution in [0.3, 0.4) is 0 Å². The van der Waals surface area contributed by atoms with E-state index in [0.29, 0.717) is 12.1 Å². The molecule has 0 atom stereocenters. The molecule has 1 rings (SSSR count). The van der Waals surface area contributed by atoms with Crippen LogP contribution >= 0.6 is 0 Å². The molecule has 0 unspecified atom stereocenters. The molecule has 0 bridgehead atoms. The van der Waals surface area contributed by atoms with E-state index in [-0.39, 0.29) is 0 Å². The summed E-state index contributed by atoms with van der Waals surface area (Å²) in [6, 6.07) is 9.63. The molecular weight excluding hydrogens is 212 g/mol. The maximum atomic E-state index is 10.5. The normalized spacial score (nSPS) is 10.8. The van der Waals surface area contributed by atoms with Gasteiger partial charge >= 0.3 is 0 Å². The summed E-state index contributed by atoms with van der Waals surface area (Å²) >= 11 is 0. The summed E-state index contributed by atoms with van der Waals surface area (Å²) < 4.78 is 0. The van der Waals surface area contributed by atoms with Gasteiger partial charge in [0.05, 0.1) is 0 Å². The number of aliphatic imine (C=N–C) groups is 1. The Morgan fingerprint density at radius 2 is 2.06 bits per heavy atom. The van der Waals surface area contributed by atoms with Crippen LogP contribution in [0.25, 0.3) is 0 Å². The highest BCUT2D eigenvalue weighted by Crippen LogP contribution is 1.99. The van der Waals surface area contributed by atoms with Crippen molar-refractivity contribution < 1.29 is 4.79 Å². The molecule has 86 valence electrons. The standard InChI is InChI=1S/C14H14N2O/c1-3-15-14(11-16(2)12-17)10-9-13-7-5-4-6-8-13/h3-8,11-12H,1-2H3/b14-11-,15-3-. The van der Waals surface area contributed by atoms with E-state index in [1.807, 2.05) is 30.3 Å². The Bertz CT molecular complexity index is 478. The Morgan fingerprint density at radius 3 is 2.65 bits per heavy atom. The van der Waals surface area contributed by atoms with Crippen molar-refractivity contribution in [2.75, 3.05) is 7.05 Å². The van der Waals surface area contributed by atoms with Crippen LogP contribution in [0, 0.1) is 11.8 Å². The Hall–Kier alpha value is -2.34. The average Bonchev–Trinajstić information content (AvgIpc) is 2.37. The second kappa shape index (κ2) is 7.02. The molecule has 0 saturated carbocycles. The molecule has 3 nitrogen and oxygen atoms in total. The molecular formula is C14H14N2O. The lowest BCUT2D eigenvalue weighted by Gasteiger charge is -2.01. The van der Waals surface area contributed by atoms with Crippen LogP contribution < -0.4 is 0 Å². The third kappa shape index (κ3) is 4.80. The number of allylic oxidation sites excluding steroid dienone is 1. The minimum atomic E-state index is 0.547. The van der Waals surface area contributed by atoms with Crippen molar-refractivity contribution in [3.63, 3.8) is 0 Å². The van der Waals surface area contributed by atoms with E-state index in [9.17, 15) is 4.79 Å². The second-order valence-electron chi connectivity index (χ2n) is 3.29. The molecule has 1 aromatic rings.